The van der Waals surface area contributed by atoms with E-state index in [0.29, 0.717) is 22.7 Å². The lowest BCUT2D eigenvalue weighted by Crippen LogP contribution is -2.30. The zero-order valence-electron chi connectivity index (χ0n) is 17.0. The van der Waals surface area contributed by atoms with Crippen molar-refractivity contribution in [3.8, 4) is 11.8 Å². The Hall–Kier alpha value is -3.83. The van der Waals surface area contributed by atoms with Crippen molar-refractivity contribution in [3.63, 3.8) is 0 Å². The summed E-state index contributed by atoms with van der Waals surface area (Å²) in [7, 11) is -3.70. The van der Waals surface area contributed by atoms with Crippen molar-refractivity contribution in [1.82, 2.24) is 0 Å². The summed E-state index contributed by atoms with van der Waals surface area (Å²) in [5.74, 6) is 0.111. The zero-order valence-corrected chi connectivity index (χ0v) is 17.8. The second-order valence-corrected chi connectivity index (χ2v) is 8.56. The van der Waals surface area contributed by atoms with Crippen LogP contribution in [0.4, 0.5) is 11.4 Å². The van der Waals surface area contributed by atoms with Crippen LogP contribution in [-0.4, -0.2) is 20.4 Å². The van der Waals surface area contributed by atoms with Gasteiger partial charge in [-0.1, -0.05) is 17.7 Å². The number of carbonyl (C=O) groups excluding carboxylic acids is 1. The van der Waals surface area contributed by atoms with Gasteiger partial charge in [-0.2, -0.15) is 5.26 Å². The summed E-state index contributed by atoms with van der Waals surface area (Å²) >= 11 is 0. The molecule has 0 saturated heterocycles. The van der Waals surface area contributed by atoms with Crippen LogP contribution in [0.1, 0.15) is 18.1 Å². The van der Waals surface area contributed by atoms with Crippen LogP contribution in [0.3, 0.4) is 0 Å². The van der Waals surface area contributed by atoms with Gasteiger partial charge in [0.15, 0.2) is 6.10 Å². The first-order valence-corrected chi connectivity index (χ1v) is 10.9. The van der Waals surface area contributed by atoms with E-state index >= 15 is 0 Å². The van der Waals surface area contributed by atoms with E-state index in [4.69, 9.17) is 10.00 Å². The molecule has 3 aromatic carbocycles. The normalized spacial score (nSPS) is 11.8. The first kappa shape index (κ1) is 21.9. The van der Waals surface area contributed by atoms with E-state index < -0.39 is 16.1 Å². The Labute approximate surface area is 181 Å². The van der Waals surface area contributed by atoms with Gasteiger partial charge in [0.25, 0.3) is 15.9 Å². The number of ether oxygens (including phenoxy) is 1. The lowest BCUT2D eigenvalue weighted by atomic mass is 10.2. The number of amides is 1. The fourth-order valence-corrected chi connectivity index (χ4v) is 3.72. The van der Waals surface area contributed by atoms with E-state index in [1.54, 1.807) is 79.7 Å². The molecule has 31 heavy (non-hydrogen) atoms. The summed E-state index contributed by atoms with van der Waals surface area (Å²) < 4.78 is 33.0. The number of benzene rings is 3. The SMILES string of the molecule is Cc1ccc(S(=O)(=O)Nc2ccc(NC(=O)[C@@H](C)Oc3ccc(C#N)cc3)cc2)cc1. The number of nitrogens with zero attached hydrogens (tertiary/aromatic N) is 1. The smallest absolute Gasteiger partial charge is 0.265 e. The van der Waals surface area contributed by atoms with E-state index in [9.17, 15) is 13.2 Å². The molecular formula is C23H21N3O4S. The molecular weight excluding hydrogens is 414 g/mol. The standard InChI is InChI=1S/C23H21N3O4S/c1-16-3-13-22(14-4-16)31(28,29)26-20-9-7-19(8-10-20)25-23(27)17(2)30-21-11-5-18(15-24)6-12-21/h3-14,17,26H,1-2H3,(H,25,27)/t17-/m1/s1. The first-order chi connectivity index (χ1) is 14.8. The molecule has 1 amide bonds. The third-order valence-corrected chi connectivity index (χ3v) is 5.80. The van der Waals surface area contributed by atoms with Gasteiger partial charge < -0.3 is 10.1 Å². The van der Waals surface area contributed by atoms with Gasteiger partial charge in [-0.05, 0) is 74.5 Å². The molecule has 1 atom stereocenters. The minimum absolute atomic E-state index is 0.171. The number of nitriles is 1. The molecule has 0 bridgehead atoms. The monoisotopic (exact) mass is 435 g/mol. The summed E-state index contributed by atoms with van der Waals surface area (Å²) in [6.07, 6.45) is -0.771. The zero-order chi connectivity index (χ0) is 22.4. The predicted molar refractivity (Wildman–Crippen MR) is 118 cm³/mol. The summed E-state index contributed by atoms with van der Waals surface area (Å²) in [5.41, 5.74) is 2.35. The van der Waals surface area contributed by atoms with E-state index in [0.717, 1.165) is 5.56 Å². The molecule has 0 spiro atoms. The number of hydrogen-bond acceptors (Lipinski definition) is 5. The van der Waals surface area contributed by atoms with Crippen molar-refractivity contribution >= 4 is 27.3 Å². The Morgan fingerprint density at radius 1 is 0.935 bits per heavy atom. The number of sulfonamides is 1. The first-order valence-electron chi connectivity index (χ1n) is 9.44. The number of anilines is 2. The molecule has 3 aromatic rings. The highest BCUT2D eigenvalue weighted by atomic mass is 32.2. The lowest BCUT2D eigenvalue weighted by Gasteiger charge is -2.15. The van der Waals surface area contributed by atoms with E-state index in [1.165, 1.54) is 0 Å². The topological polar surface area (TPSA) is 108 Å². The molecule has 0 radical (unpaired) electrons. The van der Waals surface area contributed by atoms with Crippen LogP contribution in [0, 0.1) is 18.3 Å². The Bertz CT molecular complexity index is 1200. The molecule has 2 N–H and O–H groups in total. The molecule has 0 aliphatic heterocycles. The third-order valence-electron chi connectivity index (χ3n) is 4.40. The molecule has 0 aliphatic rings. The summed E-state index contributed by atoms with van der Waals surface area (Å²) in [6.45, 7) is 3.49. The molecule has 0 aliphatic carbocycles. The van der Waals surface area contributed by atoms with Crippen molar-refractivity contribution in [2.45, 2.75) is 24.8 Å². The molecule has 7 nitrogen and oxygen atoms in total. The molecule has 0 fully saturated rings. The van der Waals surface area contributed by atoms with Crippen LogP contribution in [0.25, 0.3) is 0 Å². The number of rotatable bonds is 7. The maximum Gasteiger partial charge on any atom is 0.265 e. The summed E-state index contributed by atoms with van der Waals surface area (Å²) in [6, 6.07) is 21.3. The highest BCUT2D eigenvalue weighted by molar-refractivity contribution is 7.92. The minimum atomic E-state index is -3.70. The van der Waals surface area contributed by atoms with Crippen LogP contribution in [0.2, 0.25) is 0 Å². The van der Waals surface area contributed by atoms with Gasteiger partial charge in [-0.25, -0.2) is 8.42 Å². The fraction of sp³-hybridized carbons (Fsp3) is 0.130. The molecule has 158 valence electrons. The minimum Gasteiger partial charge on any atom is -0.481 e. The van der Waals surface area contributed by atoms with Crippen molar-refractivity contribution in [2.24, 2.45) is 0 Å². The van der Waals surface area contributed by atoms with Gasteiger partial charge in [-0.3, -0.25) is 9.52 Å². The second-order valence-electron chi connectivity index (χ2n) is 6.88. The van der Waals surface area contributed by atoms with Gasteiger partial charge in [-0.15, -0.1) is 0 Å². The Morgan fingerprint density at radius 3 is 2.10 bits per heavy atom. The van der Waals surface area contributed by atoms with Crippen LogP contribution in [0.15, 0.2) is 77.7 Å². The molecule has 3 rings (SSSR count). The quantitative estimate of drug-likeness (QED) is 0.581. The molecule has 0 heterocycles. The Balaban J connectivity index is 1.59. The Morgan fingerprint density at radius 2 is 1.52 bits per heavy atom. The maximum atomic E-state index is 12.5. The van der Waals surface area contributed by atoms with E-state index in [2.05, 4.69) is 10.0 Å². The summed E-state index contributed by atoms with van der Waals surface area (Å²) in [5, 5.41) is 11.5. The van der Waals surface area contributed by atoms with Crippen molar-refractivity contribution < 1.29 is 17.9 Å². The third kappa shape index (κ3) is 5.84. The van der Waals surface area contributed by atoms with Gasteiger partial charge in [0.05, 0.1) is 16.5 Å². The van der Waals surface area contributed by atoms with Crippen molar-refractivity contribution in [3.05, 3.63) is 83.9 Å². The molecule has 0 aromatic heterocycles. The van der Waals surface area contributed by atoms with Gasteiger partial charge >= 0.3 is 0 Å². The van der Waals surface area contributed by atoms with E-state index in [-0.39, 0.29) is 10.8 Å². The number of nitrogens with one attached hydrogen (secondary N) is 2. The van der Waals surface area contributed by atoms with Gasteiger partial charge in [0, 0.05) is 11.4 Å². The number of carbonyl (C=O) groups is 1. The second kappa shape index (κ2) is 9.32. The van der Waals surface area contributed by atoms with Gasteiger partial charge in [0.2, 0.25) is 0 Å². The largest absolute Gasteiger partial charge is 0.481 e. The van der Waals surface area contributed by atoms with E-state index in [1.807, 2.05) is 13.0 Å². The molecule has 0 unspecified atom stereocenters. The molecule has 0 saturated carbocycles. The molecule has 8 heteroatoms. The average molecular weight is 436 g/mol. The maximum absolute atomic E-state index is 12.5. The number of hydrogen-bond donors (Lipinski definition) is 2. The summed E-state index contributed by atoms with van der Waals surface area (Å²) in [4.78, 5) is 12.5. The van der Waals surface area contributed by atoms with Gasteiger partial charge in [0.1, 0.15) is 5.75 Å². The Kier molecular flexibility index (Phi) is 6.58. The van der Waals surface area contributed by atoms with Crippen LogP contribution >= 0.6 is 0 Å². The number of aryl methyl sites for hydroxylation is 1. The van der Waals surface area contributed by atoms with Crippen LogP contribution in [-0.2, 0) is 14.8 Å². The predicted octanol–water partition coefficient (Wildman–Crippen LogP) is 4.07. The highest BCUT2D eigenvalue weighted by Crippen LogP contribution is 2.19. The average Bonchev–Trinajstić information content (AvgIpc) is 2.75. The van der Waals surface area contributed by atoms with Crippen LogP contribution in [0.5, 0.6) is 5.75 Å². The van der Waals surface area contributed by atoms with Crippen molar-refractivity contribution in [2.75, 3.05) is 10.0 Å². The van der Waals surface area contributed by atoms with Crippen molar-refractivity contribution in [1.29, 1.82) is 5.26 Å². The highest BCUT2D eigenvalue weighted by Gasteiger charge is 2.16. The van der Waals surface area contributed by atoms with Crippen LogP contribution < -0.4 is 14.8 Å². The lowest BCUT2D eigenvalue weighted by molar-refractivity contribution is -0.122. The fourth-order valence-electron chi connectivity index (χ4n) is 2.66.